The van der Waals surface area contributed by atoms with Gasteiger partial charge in [-0.05, 0) is 17.7 Å². The number of rotatable bonds is 1. The van der Waals surface area contributed by atoms with E-state index in [4.69, 9.17) is 28.9 Å². The fourth-order valence-corrected chi connectivity index (χ4v) is 1.71. The molecular formula is C9H8Cl2N2. The SMILES string of the molecule is NCC1=Nc2cc(Cl)c(Cl)cc2C1. The van der Waals surface area contributed by atoms with Gasteiger partial charge in [0.2, 0.25) is 0 Å². The first-order valence-corrected chi connectivity index (χ1v) is 4.70. The molecule has 1 heterocycles. The summed E-state index contributed by atoms with van der Waals surface area (Å²) in [5.74, 6) is 0. The predicted octanol–water partition coefficient (Wildman–Crippen LogP) is 2.58. The highest BCUT2D eigenvalue weighted by Crippen LogP contribution is 2.34. The molecule has 2 nitrogen and oxygen atoms in total. The van der Waals surface area contributed by atoms with Gasteiger partial charge in [0.15, 0.2) is 0 Å². The third-order valence-corrected chi connectivity index (χ3v) is 2.75. The molecule has 0 saturated heterocycles. The molecule has 0 spiro atoms. The number of aliphatic imine (C=N–C) groups is 1. The van der Waals surface area contributed by atoms with Crippen LogP contribution < -0.4 is 5.73 Å². The lowest BCUT2D eigenvalue weighted by Gasteiger charge is -1.99. The standard InChI is InChI=1S/C9H8Cl2N2/c10-7-2-5-1-6(4-12)13-9(5)3-8(7)11/h2-3H,1,4,12H2. The lowest BCUT2D eigenvalue weighted by molar-refractivity contribution is 1.25. The molecule has 0 aliphatic carbocycles. The molecule has 0 amide bonds. The van der Waals surface area contributed by atoms with Gasteiger partial charge < -0.3 is 5.73 Å². The maximum atomic E-state index is 5.87. The second-order valence-corrected chi connectivity index (χ2v) is 3.77. The average molecular weight is 215 g/mol. The molecule has 0 fully saturated rings. The molecular weight excluding hydrogens is 207 g/mol. The first-order chi connectivity index (χ1) is 6.20. The summed E-state index contributed by atoms with van der Waals surface area (Å²) in [6.45, 7) is 0.490. The van der Waals surface area contributed by atoms with Crippen LogP contribution in [0.15, 0.2) is 17.1 Å². The van der Waals surface area contributed by atoms with E-state index in [0.29, 0.717) is 16.6 Å². The fourth-order valence-electron chi connectivity index (χ4n) is 1.37. The van der Waals surface area contributed by atoms with Gasteiger partial charge in [0.05, 0.1) is 15.7 Å². The van der Waals surface area contributed by atoms with Crippen molar-refractivity contribution >= 4 is 34.6 Å². The number of hydrogen-bond donors (Lipinski definition) is 1. The highest BCUT2D eigenvalue weighted by molar-refractivity contribution is 6.42. The smallest absolute Gasteiger partial charge is 0.0681 e. The summed E-state index contributed by atoms with van der Waals surface area (Å²) in [6.07, 6.45) is 0.794. The molecule has 68 valence electrons. The Morgan fingerprint density at radius 3 is 2.69 bits per heavy atom. The minimum Gasteiger partial charge on any atom is -0.325 e. The molecule has 2 N–H and O–H groups in total. The van der Waals surface area contributed by atoms with Crippen LogP contribution in [0.4, 0.5) is 5.69 Å². The molecule has 0 unspecified atom stereocenters. The van der Waals surface area contributed by atoms with Gasteiger partial charge in [0.1, 0.15) is 0 Å². The van der Waals surface area contributed by atoms with Crippen LogP contribution in [-0.4, -0.2) is 12.3 Å². The van der Waals surface area contributed by atoms with Crippen LogP contribution in [-0.2, 0) is 6.42 Å². The van der Waals surface area contributed by atoms with Crippen molar-refractivity contribution in [3.63, 3.8) is 0 Å². The largest absolute Gasteiger partial charge is 0.325 e. The van der Waals surface area contributed by atoms with E-state index in [9.17, 15) is 0 Å². The number of benzene rings is 1. The molecule has 1 aromatic carbocycles. The summed E-state index contributed by atoms with van der Waals surface area (Å²) < 4.78 is 0. The van der Waals surface area contributed by atoms with Gasteiger partial charge in [0.25, 0.3) is 0 Å². The molecule has 0 aromatic heterocycles. The van der Waals surface area contributed by atoms with E-state index in [2.05, 4.69) is 4.99 Å². The maximum Gasteiger partial charge on any atom is 0.0681 e. The van der Waals surface area contributed by atoms with Crippen molar-refractivity contribution in [1.82, 2.24) is 0 Å². The van der Waals surface area contributed by atoms with Crippen molar-refractivity contribution in [2.45, 2.75) is 6.42 Å². The fraction of sp³-hybridized carbons (Fsp3) is 0.222. The second kappa shape index (κ2) is 3.29. The van der Waals surface area contributed by atoms with Crippen molar-refractivity contribution in [2.75, 3.05) is 6.54 Å². The van der Waals surface area contributed by atoms with Crippen molar-refractivity contribution in [3.05, 3.63) is 27.7 Å². The van der Waals surface area contributed by atoms with E-state index in [1.165, 1.54) is 0 Å². The van der Waals surface area contributed by atoms with Gasteiger partial charge >= 0.3 is 0 Å². The van der Waals surface area contributed by atoms with E-state index < -0.39 is 0 Å². The van der Waals surface area contributed by atoms with Crippen LogP contribution >= 0.6 is 23.2 Å². The molecule has 1 aromatic rings. The Labute approximate surface area is 86.4 Å². The highest BCUT2D eigenvalue weighted by Gasteiger charge is 2.15. The number of nitrogens with zero attached hydrogens (tertiary/aromatic N) is 1. The summed E-state index contributed by atoms with van der Waals surface area (Å²) in [5.41, 5.74) is 8.48. The van der Waals surface area contributed by atoms with Crippen molar-refractivity contribution in [2.24, 2.45) is 10.7 Å². The zero-order chi connectivity index (χ0) is 9.42. The predicted molar refractivity (Wildman–Crippen MR) is 56.3 cm³/mol. The molecule has 0 bridgehead atoms. The lowest BCUT2D eigenvalue weighted by atomic mass is 10.1. The Hall–Kier alpha value is -0.570. The quantitative estimate of drug-likeness (QED) is 0.768. The van der Waals surface area contributed by atoms with Crippen molar-refractivity contribution in [1.29, 1.82) is 0 Å². The van der Waals surface area contributed by atoms with Crippen LogP contribution in [0.5, 0.6) is 0 Å². The third kappa shape index (κ3) is 1.57. The topological polar surface area (TPSA) is 38.4 Å². The molecule has 2 rings (SSSR count). The first-order valence-electron chi connectivity index (χ1n) is 3.95. The zero-order valence-corrected chi connectivity index (χ0v) is 8.36. The van der Waals surface area contributed by atoms with Crippen LogP contribution in [0.1, 0.15) is 5.56 Å². The van der Waals surface area contributed by atoms with E-state index in [0.717, 1.165) is 23.4 Å². The summed E-state index contributed by atoms with van der Waals surface area (Å²) >= 11 is 11.7. The number of hydrogen-bond acceptors (Lipinski definition) is 2. The zero-order valence-electron chi connectivity index (χ0n) is 6.85. The molecule has 0 saturated carbocycles. The first kappa shape index (κ1) is 9.00. The van der Waals surface area contributed by atoms with E-state index in [-0.39, 0.29) is 0 Å². The molecule has 4 heteroatoms. The minimum absolute atomic E-state index is 0.490. The minimum atomic E-state index is 0.490. The number of nitrogens with two attached hydrogens (primary N) is 1. The molecule has 13 heavy (non-hydrogen) atoms. The van der Waals surface area contributed by atoms with Gasteiger partial charge in [-0.3, -0.25) is 4.99 Å². The Kier molecular flexibility index (Phi) is 2.28. The third-order valence-electron chi connectivity index (χ3n) is 2.03. The summed E-state index contributed by atoms with van der Waals surface area (Å²) in [4.78, 5) is 4.32. The van der Waals surface area contributed by atoms with E-state index in [1.54, 1.807) is 6.07 Å². The summed E-state index contributed by atoms with van der Waals surface area (Å²) in [7, 11) is 0. The monoisotopic (exact) mass is 214 g/mol. The van der Waals surface area contributed by atoms with Crippen LogP contribution in [0, 0.1) is 0 Å². The van der Waals surface area contributed by atoms with Gasteiger partial charge in [-0.15, -0.1) is 0 Å². The Morgan fingerprint density at radius 2 is 2.00 bits per heavy atom. The van der Waals surface area contributed by atoms with Crippen LogP contribution in [0.25, 0.3) is 0 Å². The Bertz CT molecular complexity index is 385. The Balaban J connectivity index is 2.46. The molecule has 0 radical (unpaired) electrons. The van der Waals surface area contributed by atoms with Crippen LogP contribution in [0.3, 0.4) is 0 Å². The highest BCUT2D eigenvalue weighted by atomic mass is 35.5. The normalized spacial score (nSPS) is 14.2. The summed E-state index contributed by atoms with van der Waals surface area (Å²) in [5, 5.41) is 1.12. The average Bonchev–Trinajstić information content (AvgIpc) is 2.48. The van der Waals surface area contributed by atoms with Gasteiger partial charge in [-0.25, -0.2) is 0 Å². The number of halogens is 2. The Morgan fingerprint density at radius 1 is 1.31 bits per heavy atom. The van der Waals surface area contributed by atoms with Gasteiger partial charge in [-0.2, -0.15) is 0 Å². The van der Waals surface area contributed by atoms with E-state index in [1.807, 2.05) is 6.07 Å². The van der Waals surface area contributed by atoms with E-state index >= 15 is 0 Å². The van der Waals surface area contributed by atoms with Crippen molar-refractivity contribution in [3.8, 4) is 0 Å². The second-order valence-electron chi connectivity index (χ2n) is 2.95. The van der Waals surface area contributed by atoms with Crippen molar-refractivity contribution < 1.29 is 0 Å². The molecule has 1 aliphatic heterocycles. The lowest BCUT2D eigenvalue weighted by Crippen LogP contribution is -2.12. The summed E-state index contributed by atoms with van der Waals surface area (Å²) in [6, 6.07) is 3.63. The van der Waals surface area contributed by atoms with Gasteiger partial charge in [-0.1, -0.05) is 23.2 Å². The van der Waals surface area contributed by atoms with Gasteiger partial charge in [0, 0.05) is 18.7 Å². The number of fused-ring (bicyclic) bond motifs is 1. The maximum absolute atomic E-state index is 5.87. The molecule has 0 atom stereocenters. The van der Waals surface area contributed by atoms with Crippen LogP contribution in [0.2, 0.25) is 10.0 Å². The molecule has 1 aliphatic rings.